The van der Waals surface area contributed by atoms with Crippen LogP contribution in [0.1, 0.15) is 31.7 Å². The number of hydrogen-bond acceptors (Lipinski definition) is 1. The van der Waals surface area contributed by atoms with E-state index in [1.165, 1.54) is 18.4 Å². The molecule has 2 rings (SSSR count). The van der Waals surface area contributed by atoms with Crippen molar-refractivity contribution < 1.29 is 0 Å². The minimum atomic E-state index is 0.392. The normalized spacial score (nSPS) is 31.5. The van der Waals surface area contributed by atoms with Crippen LogP contribution in [-0.2, 0) is 6.42 Å². The predicted molar refractivity (Wildman–Crippen MR) is 64.1 cm³/mol. The fourth-order valence-electron chi connectivity index (χ4n) is 2.46. The van der Waals surface area contributed by atoms with Gasteiger partial charge in [-0.05, 0) is 49.1 Å². The molecule has 3 atom stereocenters. The summed E-state index contributed by atoms with van der Waals surface area (Å²) in [5.74, 6) is 1.55. The molecule has 0 spiro atoms. The lowest BCUT2D eigenvalue weighted by Gasteiger charge is -2.31. The third kappa shape index (κ3) is 2.94. The van der Waals surface area contributed by atoms with Crippen LogP contribution in [0.15, 0.2) is 24.5 Å². The number of aromatic nitrogens is 1. The topological polar surface area (TPSA) is 12.9 Å². The smallest absolute Gasteiger partial charge is 0.0339 e. The molecule has 0 radical (unpaired) electrons. The van der Waals surface area contributed by atoms with Crippen molar-refractivity contribution in [1.82, 2.24) is 4.98 Å². The molecule has 1 aliphatic carbocycles. The van der Waals surface area contributed by atoms with Gasteiger partial charge in [0.2, 0.25) is 0 Å². The molecule has 3 unspecified atom stereocenters. The summed E-state index contributed by atoms with van der Waals surface area (Å²) in [5.41, 5.74) is 1.35. The van der Waals surface area contributed by atoms with Gasteiger partial charge in [0, 0.05) is 17.8 Å². The Morgan fingerprint density at radius 2 is 2.33 bits per heavy atom. The van der Waals surface area contributed by atoms with Crippen molar-refractivity contribution in [3.63, 3.8) is 0 Å². The van der Waals surface area contributed by atoms with Crippen molar-refractivity contribution in [2.75, 3.05) is 0 Å². The molecule has 0 amide bonds. The molecule has 1 heterocycles. The molecule has 0 N–H and O–H groups in total. The van der Waals surface area contributed by atoms with E-state index in [0.717, 1.165) is 24.7 Å². The summed E-state index contributed by atoms with van der Waals surface area (Å²) in [6.45, 7) is 2.35. The van der Waals surface area contributed by atoms with E-state index in [1.54, 1.807) is 0 Å². The first kappa shape index (κ1) is 10.9. The zero-order valence-corrected chi connectivity index (χ0v) is 9.95. The first-order chi connectivity index (χ1) is 7.25. The molecule has 1 aliphatic rings. The Bertz CT molecular complexity index is 299. The van der Waals surface area contributed by atoms with Crippen molar-refractivity contribution in [2.45, 2.75) is 38.0 Å². The number of nitrogens with zero attached hydrogens (tertiary/aromatic N) is 1. The number of alkyl halides is 1. The molecule has 2 heteroatoms. The zero-order valence-electron chi connectivity index (χ0n) is 9.20. The highest BCUT2D eigenvalue weighted by atomic mass is 35.5. The number of pyridine rings is 1. The molecule has 1 aromatic rings. The Hall–Kier alpha value is -0.560. The molecule has 0 saturated heterocycles. The van der Waals surface area contributed by atoms with Gasteiger partial charge in [-0.2, -0.15) is 0 Å². The fraction of sp³-hybridized carbons (Fsp3) is 0.615. The lowest BCUT2D eigenvalue weighted by molar-refractivity contribution is 0.258. The van der Waals surface area contributed by atoms with Gasteiger partial charge in [0.15, 0.2) is 0 Å². The summed E-state index contributed by atoms with van der Waals surface area (Å²) in [4.78, 5) is 4.16. The SMILES string of the molecule is CC1CCC(Cl)CC1Cc1cccnc1. The Morgan fingerprint density at radius 1 is 1.47 bits per heavy atom. The highest BCUT2D eigenvalue weighted by molar-refractivity contribution is 6.20. The van der Waals surface area contributed by atoms with Crippen molar-refractivity contribution in [1.29, 1.82) is 0 Å². The van der Waals surface area contributed by atoms with Crippen molar-refractivity contribution in [3.05, 3.63) is 30.1 Å². The lowest BCUT2D eigenvalue weighted by atomic mass is 9.77. The molecule has 1 saturated carbocycles. The summed E-state index contributed by atoms with van der Waals surface area (Å²) in [5, 5.41) is 0.392. The third-order valence-electron chi connectivity index (χ3n) is 3.52. The zero-order chi connectivity index (χ0) is 10.7. The summed E-state index contributed by atoms with van der Waals surface area (Å²) in [6, 6.07) is 4.18. The third-order valence-corrected chi connectivity index (χ3v) is 3.92. The second-order valence-electron chi connectivity index (χ2n) is 4.71. The molecule has 0 bridgehead atoms. The maximum atomic E-state index is 6.23. The molecule has 0 aromatic carbocycles. The molecular weight excluding hydrogens is 206 g/mol. The van der Waals surface area contributed by atoms with Crippen molar-refractivity contribution in [2.24, 2.45) is 11.8 Å². The number of rotatable bonds is 2. The molecular formula is C13H18ClN. The second kappa shape index (κ2) is 4.98. The van der Waals surface area contributed by atoms with Crippen molar-refractivity contribution >= 4 is 11.6 Å². The van der Waals surface area contributed by atoms with Gasteiger partial charge < -0.3 is 0 Å². The van der Waals surface area contributed by atoms with Gasteiger partial charge in [-0.15, -0.1) is 11.6 Å². The quantitative estimate of drug-likeness (QED) is 0.698. The van der Waals surface area contributed by atoms with E-state index in [0.29, 0.717) is 5.38 Å². The lowest BCUT2D eigenvalue weighted by Crippen LogP contribution is -2.25. The Labute approximate surface area is 96.9 Å². The van der Waals surface area contributed by atoms with E-state index in [2.05, 4.69) is 18.0 Å². The van der Waals surface area contributed by atoms with Crippen LogP contribution in [0.2, 0.25) is 0 Å². The highest BCUT2D eigenvalue weighted by Gasteiger charge is 2.26. The van der Waals surface area contributed by atoms with Crippen LogP contribution in [0.25, 0.3) is 0 Å². The largest absolute Gasteiger partial charge is 0.264 e. The van der Waals surface area contributed by atoms with E-state index < -0.39 is 0 Å². The Balaban J connectivity index is 1.98. The fourth-order valence-corrected chi connectivity index (χ4v) is 2.82. The van der Waals surface area contributed by atoms with Crippen LogP contribution < -0.4 is 0 Å². The summed E-state index contributed by atoms with van der Waals surface area (Å²) < 4.78 is 0. The predicted octanol–water partition coefficient (Wildman–Crippen LogP) is 3.67. The first-order valence-corrected chi connectivity index (χ1v) is 6.22. The average Bonchev–Trinajstić information content (AvgIpc) is 2.25. The summed E-state index contributed by atoms with van der Waals surface area (Å²) in [6.07, 6.45) is 8.57. The average molecular weight is 224 g/mol. The molecule has 15 heavy (non-hydrogen) atoms. The molecule has 1 aromatic heterocycles. The standard InChI is InChI=1S/C13H18ClN/c1-10-4-5-13(14)8-12(10)7-11-3-2-6-15-9-11/h2-3,6,9-10,12-13H,4-5,7-8H2,1H3. The van der Waals surface area contributed by atoms with Gasteiger partial charge in [0.05, 0.1) is 0 Å². The van der Waals surface area contributed by atoms with Crippen LogP contribution in [0.3, 0.4) is 0 Å². The van der Waals surface area contributed by atoms with E-state index in [4.69, 9.17) is 11.6 Å². The highest BCUT2D eigenvalue weighted by Crippen LogP contribution is 2.34. The van der Waals surface area contributed by atoms with Gasteiger partial charge in [-0.25, -0.2) is 0 Å². The van der Waals surface area contributed by atoms with E-state index in [9.17, 15) is 0 Å². The molecule has 82 valence electrons. The summed E-state index contributed by atoms with van der Waals surface area (Å²) in [7, 11) is 0. The van der Waals surface area contributed by atoms with Crippen molar-refractivity contribution in [3.8, 4) is 0 Å². The van der Waals surface area contributed by atoms with E-state index in [-0.39, 0.29) is 0 Å². The second-order valence-corrected chi connectivity index (χ2v) is 5.33. The first-order valence-electron chi connectivity index (χ1n) is 5.78. The molecule has 0 aliphatic heterocycles. The minimum absolute atomic E-state index is 0.392. The maximum Gasteiger partial charge on any atom is 0.0339 e. The summed E-state index contributed by atoms with van der Waals surface area (Å²) >= 11 is 6.23. The minimum Gasteiger partial charge on any atom is -0.264 e. The van der Waals surface area contributed by atoms with E-state index in [1.807, 2.05) is 18.5 Å². The van der Waals surface area contributed by atoms with Crippen LogP contribution >= 0.6 is 11.6 Å². The van der Waals surface area contributed by atoms with Gasteiger partial charge in [-0.1, -0.05) is 13.0 Å². The number of halogens is 1. The Morgan fingerprint density at radius 3 is 3.07 bits per heavy atom. The molecule has 1 nitrogen and oxygen atoms in total. The van der Waals surface area contributed by atoms with Crippen LogP contribution in [0.5, 0.6) is 0 Å². The van der Waals surface area contributed by atoms with Crippen LogP contribution in [0.4, 0.5) is 0 Å². The van der Waals surface area contributed by atoms with Gasteiger partial charge in [0.25, 0.3) is 0 Å². The Kier molecular flexibility index (Phi) is 3.63. The van der Waals surface area contributed by atoms with Crippen LogP contribution in [0, 0.1) is 11.8 Å². The van der Waals surface area contributed by atoms with Gasteiger partial charge >= 0.3 is 0 Å². The molecule has 1 fully saturated rings. The van der Waals surface area contributed by atoms with Crippen LogP contribution in [-0.4, -0.2) is 10.4 Å². The van der Waals surface area contributed by atoms with E-state index >= 15 is 0 Å². The maximum absolute atomic E-state index is 6.23. The number of hydrogen-bond donors (Lipinski definition) is 0. The monoisotopic (exact) mass is 223 g/mol. The van der Waals surface area contributed by atoms with Gasteiger partial charge in [-0.3, -0.25) is 4.98 Å². The van der Waals surface area contributed by atoms with Gasteiger partial charge in [0.1, 0.15) is 0 Å².